The number of nitrogens with one attached hydrogen (secondary N) is 7. The molecule has 0 saturated carbocycles. The maximum atomic E-state index is 13.5. The molecule has 7 aromatic rings. The van der Waals surface area contributed by atoms with Crippen molar-refractivity contribution in [1.29, 1.82) is 0 Å². The number of ether oxygens (including phenoxy) is 10. The van der Waals surface area contributed by atoms with Crippen molar-refractivity contribution in [2.45, 2.75) is 25.9 Å². The second-order valence-corrected chi connectivity index (χ2v) is 22.6. The fourth-order valence-electron chi connectivity index (χ4n) is 9.50. The highest BCUT2D eigenvalue weighted by Gasteiger charge is 2.37. The molecule has 34 nitrogen and oxygen atoms in total. The molecule has 6 heterocycles. The number of benzene rings is 2. The molecule has 1 aliphatic heterocycles. The largest absolute Gasteiger partial charge is 0.491 e. The van der Waals surface area contributed by atoms with Gasteiger partial charge in [-0.15, -0.1) is 0 Å². The minimum Gasteiger partial charge on any atom is -0.491 e. The molecule has 1 saturated heterocycles. The molecule has 5 aromatic heterocycles. The molecular weight excluding hydrogens is 1300 g/mol. The van der Waals surface area contributed by atoms with Gasteiger partial charge >= 0.3 is 6.09 Å². The number of hydrogen-bond donors (Lipinski definition) is 7. The van der Waals surface area contributed by atoms with Gasteiger partial charge in [0, 0.05) is 110 Å². The minimum absolute atomic E-state index is 0.0437. The number of rotatable bonds is 44. The van der Waals surface area contributed by atoms with Gasteiger partial charge in [-0.05, 0) is 35.9 Å². The van der Waals surface area contributed by atoms with E-state index in [0.29, 0.717) is 128 Å². The first-order valence-electron chi connectivity index (χ1n) is 32.3. The number of aromatic nitrogens is 8. The van der Waals surface area contributed by atoms with Crippen molar-refractivity contribution in [3.05, 3.63) is 127 Å². The number of aryl methyl sites for hydroxylation is 5. The summed E-state index contributed by atoms with van der Waals surface area (Å²) in [7, 11) is 8.26. The predicted molar refractivity (Wildman–Crippen MR) is 363 cm³/mol. The SMILES string of the molecule is Cn1cc(NC(=O)c2nccn2C)cc1NC(=O)CCC(=O)Nc1cn(C)c(C(=O)Nc2cc(C(=O)N3CC(C(=O)Nc4cn(C)c(NC(=O)CCOCCOCCOCCOCCOCCOCCOCCOCCOc5ccc(NC(=O)OCc6ccccc6)cc5)n4)C3)n(C)c2)n1. The highest BCUT2D eigenvalue weighted by Crippen LogP contribution is 2.25. The van der Waals surface area contributed by atoms with Gasteiger partial charge in [0.15, 0.2) is 17.5 Å². The van der Waals surface area contributed by atoms with Gasteiger partial charge in [-0.25, -0.2) is 14.8 Å². The quantitative estimate of drug-likeness (QED) is 0.0260. The first-order chi connectivity index (χ1) is 48.4. The van der Waals surface area contributed by atoms with E-state index in [1.54, 1.807) is 109 Å². The van der Waals surface area contributed by atoms with E-state index in [-0.39, 0.29) is 105 Å². The summed E-state index contributed by atoms with van der Waals surface area (Å²) in [5.41, 5.74) is 2.50. The Morgan fingerprint density at radius 3 is 1.57 bits per heavy atom. The van der Waals surface area contributed by atoms with Gasteiger partial charge in [-0.3, -0.25) is 44.2 Å². The number of amides is 8. The Hall–Kier alpha value is -10.3. The molecular formula is C66H86N16O18. The summed E-state index contributed by atoms with van der Waals surface area (Å²) < 4.78 is 62.9. The number of carbonyl (C=O) groups excluding carboxylic acids is 8. The van der Waals surface area contributed by atoms with Crippen LogP contribution in [0.4, 0.5) is 45.3 Å². The molecule has 0 atom stereocenters. The Balaban J connectivity index is 0.569. The minimum atomic E-state index is -0.620. The summed E-state index contributed by atoms with van der Waals surface area (Å²) in [4.78, 5) is 117. The van der Waals surface area contributed by atoms with Crippen LogP contribution >= 0.6 is 0 Å². The first kappa shape index (κ1) is 75.4. The number of carbonyl (C=O) groups is 8. The molecule has 8 rings (SSSR count). The van der Waals surface area contributed by atoms with Gasteiger partial charge < -0.3 is 102 Å². The van der Waals surface area contributed by atoms with E-state index in [1.807, 2.05) is 30.3 Å². The van der Waals surface area contributed by atoms with E-state index < -0.39 is 35.6 Å². The lowest BCUT2D eigenvalue weighted by Gasteiger charge is -2.38. The molecule has 100 heavy (non-hydrogen) atoms. The molecule has 538 valence electrons. The number of nitrogens with zero attached hydrogens (tertiary/aromatic N) is 9. The maximum Gasteiger partial charge on any atom is 0.411 e. The maximum absolute atomic E-state index is 13.5. The molecule has 0 spiro atoms. The Bertz CT molecular complexity index is 3780. The molecule has 0 bridgehead atoms. The standard InChI is InChI=1S/C66H86N16O18/c1-77-19-18-67-59(77)62(87)69-50-38-55(79(3)42-50)75-57(84)16-15-56(83)71-53-43-80(4)60(72-53)63(88)68-49-37-52(78(2)41-49)64(89)82-39-47(40-82)61(86)73-54-44-81(5)65(74-54)76-58(85)17-20-91-21-22-92-23-24-93-25-26-94-27-28-95-29-30-96-31-32-97-33-34-98-35-36-99-51-13-11-48(12-14-51)70-66(90)100-45-46-9-7-6-8-10-46/h6-14,18-19,37-38,41-44,47H,15-17,20-36,39-40,45H2,1-5H3,(H,68,88)(H,69,87)(H,70,90)(H,71,83)(H,73,86)(H,75,84)(H,74,76,85). The van der Waals surface area contributed by atoms with E-state index in [2.05, 4.69) is 52.2 Å². The zero-order valence-electron chi connectivity index (χ0n) is 56.5. The summed E-state index contributed by atoms with van der Waals surface area (Å²) in [5.74, 6) is -1.87. The van der Waals surface area contributed by atoms with Crippen LogP contribution in [0.1, 0.15) is 56.6 Å². The summed E-state index contributed by atoms with van der Waals surface area (Å²) in [6.07, 6.45) is 8.48. The van der Waals surface area contributed by atoms with Crippen LogP contribution in [0.25, 0.3) is 0 Å². The van der Waals surface area contributed by atoms with Crippen LogP contribution in [-0.2, 0) is 104 Å². The molecule has 8 amide bonds. The van der Waals surface area contributed by atoms with Gasteiger partial charge in [0.25, 0.3) is 17.7 Å². The fourth-order valence-corrected chi connectivity index (χ4v) is 9.50. The van der Waals surface area contributed by atoms with Gasteiger partial charge in [0.05, 0.1) is 129 Å². The summed E-state index contributed by atoms with van der Waals surface area (Å²) in [6, 6.07) is 19.5. The van der Waals surface area contributed by atoms with Crippen molar-refractivity contribution >= 4 is 87.9 Å². The second kappa shape index (κ2) is 39.9. The number of hydrogen-bond acceptors (Lipinski definition) is 21. The van der Waals surface area contributed by atoms with Crippen molar-refractivity contribution in [3.8, 4) is 5.75 Å². The monoisotopic (exact) mass is 1390 g/mol. The number of anilines is 7. The van der Waals surface area contributed by atoms with Gasteiger partial charge in [0.2, 0.25) is 35.4 Å². The summed E-state index contributed by atoms with van der Waals surface area (Å²) in [6.45, 7) is 6.91. The summed E-state index contributed by atoms with van der Waals surface area (Å²) in [5, 5.41) is 18.9. The molecule has 0 radical (unpaired) electrons. The van der Waals surface area contributed by atoms with Crippen LogP contribution in [0, 0.1) is 5.92 Å². The summed E-state index contributed by atoms with van der Waals surface area (Å²) >= 11 is 0. The lowest BCUT2D eigenvalue weighted by molar-refractivity contribution is -0.123. The predicted octanol–water partition coefficient (Wildman–Crippen LogP) is 4.43. The smallest absolute Gasteiger partial charge is 0.411 e. The van der Waals surface area contributed by atoms with Crippen LogP contribution in [0.5, 0.6) is 5.75 Å². The van der Waals surface area contributed by atoms with E-state index in [9.17, 15) is 38.4 Å². The van der Waals surface area contributed by atoms with Gasteiger partial charge in [0.1, 0.15) is 30.5 Å². The molecule has 7 N–H and O–H groups in total. The average molecular weight is 1390 g/mol. The van der Waals surface area contributed by atoms with E-state index in [0.717, 1.165) is 5.56 Å². The van der Waals surface area contributed by atoms with Gasteiger partial charge in [-0.2, -0.15) is 4.98 Å². The molecule has 0 aliphatic carbocycles. The van der Waals surface area contributed by atoms with Gasteiger partial charge in [-0.1, -0.05) is 30.3 Å². The van der Waals surface area contributed by atoms with E-state index in [4.69, 9.17) is 47.4 Å². The average Bonchev–Trinajstić information content (AvgIpc) is 1.60. The Labute approximate surface area is 576 Å². The number of imidazole rings is 3. The molecule has 0 unspecified atom stereocenters. The third-order valence-corrected chi connectivity index (χ3v) is 14.8. The van der Waals surface area contributed by atoms with Crippen LogP contribution in [0.15, 0.2) is 104 Å². The molecule has 2 aromatic carbocycles. The zero-order chi connectivity index (χ0) is 71.0. The van der Waals surface area contributed by atoms with Crippen molar-refractivity contribution in [3.63, 3.8) is 0 Å². The Morgan fingerprint density at radius 1 is 0.460 bits per heavy atom. The molecule has 1 aliphatic rings. The zero-order valence-corrected chi connectivity index (χ0v) is 56.5. The molecule has 1 fully saturated rings. The van der Waals surface area contributed by atoms with Crippen LogP contribution in [0.2, 0.25) is 0 Å². The Morgan fingerprint density at radius 2 is 0.980 bits per heavy atom. The fraction of sp³-hybridized carbons (Fsp3) is 0.439. The van der Waals surface area contributed by atoms with Crippen molar-refractivity contribution < 1.29 is 85.7 Å². The van der Waals surface area contributed by atoms with Crippen LogP contribution in [-0.4, -0.2) is 216 Å². The first-order valence-corrected chi connectivity index (χ1v) is 32.3. The van der Waals surface area contributed by atoms with E-state index in [1.165, 1.54) is 27.9 Å². The van der Waals surface area contributed by atoms with Crippen LogP contribution in [0.3, 0.4) is 0 Å². The third kappa shape index (κ3) is 25.2. The van der Waals surface area contributed by atoms with Crippen molar-refractivity contribution in [1.82, 2.24) is 42.7 Å². The van der Waals surface area contributed by atoms with Crippen LogP contribution < -0.4 is 42.0 Å². The molecule has 34 heteroatoms. The highest BCUT2D eigenvalue weighted by atomic mass is 16.6. The Kier molecular flexibility index (Phi) is 30.1. The lowest BCUT2D eigenvalue weighted by Crippen LogP contribution is -2.54. The number of likely N-dealkylation sites (tertiary alicyclic amines) is 1. The second-order valence-electron chi connectivity index (χ2n) is 22.6. The van der Waals surface area contributed by atoms with Crippen molar-refractivity contribution in [2.24, 2.45) is 41.2 Å². The van der Waals surface area contributed by atoms with Crippen molar-refractivity contribution in [2.75, 3.05) is 163 Å². The highest BCUT2D eigenvalue weighted by molar-refractivity contribution is 6.05. The lowest BCUT2D eigenvalue weighted by atomic mass is 9.98. The third-order valence-electron chi connectivity index (χ3n) is 14.8. The topological polar surface area (TPSA) is 380 Å². The van der Waals surface area contributed by atoms with E-state index >= 15 is 0 Å². The normalized spacial score (nSPS) is 12.0.